The van der Waals surface area contributed by atoms with Crippen molar-refractivity contribution in [3.8, 4) is 0 Å². The van der Waals surface area contributed by atoms with Crippen LogP contribution in [0.2, 0.25) is 0 Å². The summed E-state index contributed by atoms with van der Waals surface area (Å²) in [6.45, 7) is 12.7. The largest absolute Gasteiger partial charge is 0.508 e. The molecule has 1 aromatic heterocycles. The number of fused-ring (bicyclic) bond motifs is 2. The number of phosphoric acid groups is 2. The van der Waals surface area contributed by atoms with Crippen molar-refractivity contribution in [3.63, 3.8) is 0 Å². The lowest BCUT2D eigenvalue weighted by molar-refractivity contribution is -0.121. The van der Waals surface area contributed by atoms with E-state index in [0.717, 1.165) is 58.7 Å². The number of ether oxygens (including phenoxy) is 1. The second-order valence-corrected chi connectivity index (χ2v) is 32.6. The first-order valence-electron chi connectivity index (χ1n) is 26.5. The first-order chi connectivity index (χ1) is 39.5. The number of unbranched alkanes of at least 4 members (excludes halogenated alkanes) is 2. The molecule has 0 bridgehead atoms. The van der Waals surface area contributed by atoms with Crippen molar-refractivity contribution in [2.75, 3.05) is 67.4 Å². The van der Waals surface area contributed by atoms with Crippen LogP contribution >= 0.6 is 44.6 Å². The van der Waals surface area contributed by atoms with Crippen LogP contribution in [0.15, 0.2) is 116 Å². The van der Waals surface area contributed by atoms with Gasteiger partial charge in [-0.25, -0.2) is 18.2 Å². The Bertz CT molecular complexity index is 3670. The van der Waals surface area contributed by atoms with E-state index in [1.165, 1.54) is 58.0 Å². The molecular weight excluding hydrogens is 1250 g/mol. The van der Waals surface area contributed by atoms with E-state index < -0.39 is 89.7 Å². The number of allylic oxidation sites excluding steroid dienone is 5. The number of nitrogens with one attached hydrogen (secondary N) is 3. The van der Waals surface area contributed by atoms with Gasteiger partial charge in [-0.1, -0.05) is 92.2 Å². The molecule has 4 atom stereocenters. The Kier molecular flexibility index (Phi) is 23.1. The standard InChI is InChI=1S/C52H71N6O20P3S4/c1-8-56-40-22-20-36(84(69,70)71)30-38(40)51(2,3)44(56)17-11-9-12-18-45-52(4,5)39-31-37(85(72,73)74)21-23-41(39)57(45)27-14-10-13-19-46(60)54-26-29-83-82-28-24-47(61)53-25-15-16-35-33-58(50(63)55-49(35)62)48-32-42(59)43(76-48)34-75-80(65,66)78-81(67,68)77-79(6,7)64/h9,11-12,15-18,20-23,30-31,33,44,48,59H,8,10,13-14,19,24-29,32,34H2,1-7H3,(H,53,61)(H,54,60)(H,65,66)(H,67,68)(H,55,62,63)(H,69,70,71)(H,72,73,74). The summed E-state index contributed by atoms with van der Waals surface area (Å²) in [6, 6.07) is 9.11. The molecule has 0 radical (unpaired) electrons. The third kappa shape index (κ3) is 18.7. The zero-order valence-electron chi connectivity index (χ0n) is 47.6. The minimum Gasteiger partial charge on any atom is -0.508 e. The number of carbonyl (C=O) groups is 2. The van der Waals surface area contributed by atoms with Crippen LogP contribution in [-0.2, 0) is 72.2 Å². The van der Waals surface area contributed by atoms with Gasteiger partial charge in [-0.05, 0) is 73.4 Å². The molecule has 0 spiro atoms. The summed E-state index contributed by atoms with van der Waals surface area (Å²) in [6.07, 6.45) is 14.6. The van der Waals surface area contributed by atoms with Crippen molar-refractivity contribution in [1.29, 1.82) is 0 Å². The molecular formula is C52H71N6O20P3S4. The third-order valence-electron chi connectivity index (χ3n) is 13.8. The quantitative estimate of drug-likeness (QED) is 0.0103. The maximum absolute atomic E-state index is 12.7. The lowest BCUT2D eigenvalue weighted by Gasteiger charge is -2.31. The predicted molar refractivity (Wildman–Crippen MR) is 325 cm³/mol. The number of aliphatic hydroxyl groups excluding tert-OH is 1. The summed E-state index contributed by atoms with van der Waals surface area (Å²) in [5, 5.41) is 16.0. The SMILES string of the molecule is CCN1c2ccc(S(=O)(=O)O)cc2C(C)(C)C1C=CC=CC=C1N(CCCCCC(=O)NCCSSCCC(=O)NCC=Cc2cn(C3CC(O)=C(COP(=O)(O)OP(=O)(O)OP(C)(C)=O)O3)c(=O)[nH]c2=O)c2ccc(S(=O)(=O)O)cc2C1(C)C. The number of hydrogen-bond donors (Lipinski definition) is 8. The summed E-state index contributed by atoms with van der Waals surface area (Å²) in [7, 11) is -20.2. The maximum atomic E-state index is 12.7. The molecule has 468 valence electrons. The van der Waals surface area contributed by atoms with Crippen molar-refractivity contribution in [1.82, 2.24) is 20.2 Å². The Morgan fingerprint density at radius 2 is 1.49 bits per heavy atom. The molecule has 26 nitrogen and oxygen atoms in total. The van der Waals surface area contributed by atoms with Crippen LogP contribution < -0.4 is 31.7 Å². The van der Waals surface area contributed by atoms with Crippen molar-refractivity contribution in [2.24, 2.45) is 0 Å². The number of H-pyrrole nitrogens is 1. The Hall–Kier alpha value is -5.03. The molecule has 6 rings (SSSR count). The zero-order valence-corrected chi connectivity index (χ0v) is 53.6. The molecule has 3 aromatic rings. The number of aromatic amines is 1. The van der Waals surface area contributed by atoms with Gasteiger partial charge in [0.2, 0.25) is 19.2 Å². The third-order valence-corrected chi connectivity index (χ3v) is 22.4. The van der Waals surface area contributed by atoms with E-state index in [1.54, 1.807) is 12.1 Å². The predicted octanol–water partition coefficient (Wildman–Crippen LogP) is 8.06. The molecule has 0 saturated heterocycles. The number of phosphoric ester groups is 1. The lowest BCUT2D eigenvalue weighted by Crippen LogP contribution is -2.39. The number of carbonyl (C=O) groups excluding carboxylic acids is 2. The van der Waals surface area contributed by atoms with Gasteiger partial charge in [0.15, 0.2) is 12.0 Å². The molecule has 3 aliphatic heterocycles. The molecule has 2 amide bonds. The second kappa shape index (κ2) is 28.4. The molecule has 0 saturated carbocycles. The van der Waals surface area contributed by atoms with Gasteiger partial charge in [-0.15, -0.1) is 0 Å². The molecule has 4 heterocycles. The number of rotatable bonds is 30. The Morgan fingerprint density at radius 1 is 0.847 bits per heavy atom. The summed E-state index contributed by atoms with van der Waals surface area (Å²) in [5.74, 6) is -0.271. The van der Waals surface area contributed by atoms with Gasteiger partial charge in [0.1, 0.15) is 12.4 Å². The monoisotopic (exact) mass is 1320 g/mol. The number of hydrogen-bond acceptors (Lipinski definition) is 20. The minimum atomic E-state index is -5.34. The molecule has 3 aliphatic rings. The minimum absolute atomic E-state index is 0.0268. The molecule has 4 unspecified atom stereocenters. The number of nitrogens with zero attached hydrogens (tertiary/aromatic N) is 3. The van der Waals surface area contributed by atoms with Crippen LogP contribution in [0.4, 0.5) is 11.4 Å². The highest BCUT2D eigenvalue weighted by Crippen LogP contribution is 2.66. The van der Waals surface area contributed by atoms with E-state index in [0.29, 0.717) is 50.4 Å². The fraction of sp³-hybridized carbons (Fsp3) is 0.462. The van der Waals surface area contributed by atoms with Crippen LogP contribution in [-0.4, -0.2) is 126 Å². The lowest BCUT2D eigenvalue weighted by atomic mass is 9.80. The number of aromatic nitrogens is 2. The molecule has 0 fully saturated rings. The van der Waals surface area contributed by atoms with Gasteiger partial charge < -0.3 is 40.1 Å². The van der Waals surface area contributed by atoms with Crippen LogP contribution in [0, 0.1) is 0 Å². The Labute approximate surface area is 500 Å². The van der Waals surface area contributed by atoms with Crippen molar-refractivity contribution in [2.45, 2.75) is 106 Å². The van der Waals surface area contributed by atoms with Gasteiger partial charge in [0.25, 0.3) is 25.8 Å². The van der Waals surface area contributed by atoms with E-state index in [4.69, 9.17) is 4.74 Å². The van der Waals surface area contributed by atoms with Crippen molar-refractivity contribution in [3.05, 3.63) is 134 Å². The van der Waals surface area contributed by atoms with Crippen LogP contribution in [0.5, 0.6) is 0 Å². The van der Waals surface area contributed by atoms with Crippen LogP contribution in [0.25, 0.3) is 6.08 Å². The van der Waals surface area contributed by atoms with Gasteiger partial charge in [-0.2, -0.15) is 21.1 Å². The maximum Gasteiger partial charge on any atom is 0.486 e. The highest BCUT2D eigenvalue weighted by atomic mass is 33.1. The van der Waals surface area contributed by atoms with Crippen LogP contribution in [0.3, 0.4) is 0 Å². The van der Waals surface area contributed by atoms with E-state index in [1.807, 2.05) is 58.9 Å². The van der Waals surface area contributed by atoms with E-state index in [-0.39, 0.29) is 52.6 Å². The summed E-state index contributed by atoms with van der Waals surface area (Å²) in [4.78, 5) is 76.0. The number of amides is 2. The molecule has 33 heteroatoms. The summed E-state index contributed by atoms with van der Waals surface area (Å²) >= 11 is 0. The topological polar surface area (TPSA) is 377 Å². The summed E-state index contributed by atoms with van der Waals surface area (Å²) in [5.41, 5.74) is 1.27. The highest BCUT2D eigenvalue weighted by molar-refractivity contribution is 8.76. The number of anilines is 2. The highest BCUT2D eigenvalue weighted by Gasteiger charge is 2.44. The fourth-order valence-corrected chi connectivity index (χ4v) is 16.6. The fourth-order valence-electron chi connectivity index (χ4n) is 9.76. The second-order valence-electron chi connectivity index (χ2n) is 21.1. The average molecular weight is 1320 g/mol. The van der Waals surface area contributed by atoms with Gasteiger partial charge in [-0.3, -0.25) is 42.1 Å². The first kappa shape index (κ1) is 69.1. The normalized spacial score (nSPS) is 19.6. The number of likely N-dealkylation sites (N-methyl/N-ethyl adjacent to an activating group) is 1. The van der Waals surface area contributed by atoms with Gasteiger partial charge in [0.05, 0.1) is 27.8 Å². The van der Waals surface area contributed by atoms with Crippen molar-refractivity contribution >= 4 is 94.1 Å². The van der Waals surface area contributed by atoms with Gasteiger partial charge in [0, 0.05) is 98.0 Å². The zero-order chi connectivity index (χ0) is 62.9. The first-order valence-corrected chi connectivity index (χ1v) is 37.4. The van der Waals surface area contributed by atoms with E-state index >= 15 is 0 Å². The molecule has 0 aliphatic carbocycles. The summed E-state index contributed by atoms with van der Waals surface area (Å²) < 4.78 is 123. The Balaban J connectivity index is 0.895. The average Bonchev–Trinajstić information content (AvgIpc) is 2.04. The van der Waals surface area contributed by atoms with E-state index in [9.17, 15) is 73.7 Å². The van der Waals surface area contributed by atoms with Crippen LogP contribution in [0.1, 0.15) is 96.1 Å². The Morgan fingerprint density at radius 3 is 2.15 bits per heavy atom. The number of aliphatic hydroxyl groups is 1. The van der Waals surface area contributed by atoms with Crippen molar-refractivity contribution < 1.29 is 82.0 Å². The number of benzene rings is 2. The molecule has 8 N–H and O–H groups in total. The van der Waals surface area contributed by atoms with E-state index in [2.05, 4.69) is 44.6 Å². The molecule has 85 heavy (non-hydrogen) atoms. The smallest absolute Gasteiger partial charge is 0.486 e. The molecule has 2 aromatic carbocycles. The van der Waals surface area contributed by atoms with Gasteiger partial charge >= 0.3 is 21.3 Å².